The lowest BCUT2D eigenvalue weighted by Gasteiger charge is -2.18. The molecule has 1 aliphatic heterocycles. The van der Waals surface area contributed by atoms with Crippen LogP contribution < -0.4 is 25.0 Å². The number of aromatic nitrogens is 1. The van der Waals surface area contributed by atoms with Crippen molar-refractivity contribution in [1.82, 2.24) is 4.98 Å². The molecule has 8 nitrogen and oxygen atoms in total. The van der Waals surface area contributed by atoms with Crippen molar-refractivity contribution in [3.8, 4) is 11.5 Å². The molecule has 169 valence electrons. The number of methoxy groups -OCH3 is 2. The van der Waals surface area contributed by atoms with Crippen LogP contribution in [0.1, 0.15) is 0 Å². The third-order valence-corrected chi connectivity index (χ3v) is 5.63. The number of pyridine rings is 1. The maximum absolute atomic E-state index is 13.2. The standard InChI is InChI=1S/C25H25N4O4/c1-32-19-10-6-17(7-11-19)27-24(30)21-15-29(23-5-3-4-14-26-23)16-22(21)25(31)28-18-8-12-20(33-2)13-9-18/h3,5-14,21-22H,15-16H2,1-2H3,(H,27,30)(H,28,31)/t21-,22-/m0/s1. The van der Waals surface area contributed by atoms with Crippen molar-refractivity contribution in [3.63, 3.8) is 0 Å². The maximum atomic E-state index is 13.2. The van der Waals surface area contributed by atoms with Crippen LogP contribution in [0.5, 0.6) is 11.5 Å². The highest BCUT2D eigenvalue weighted by Gasteiger charge is 2.42. The molecule has 0 saturated carbocycles. The van der Waals surface area contributed by atoms with Gasteiger partial charge in [-0.25, -0.2) is 4.98 Å². The first kappa shape index (κ1) is 22.1. The van der Waals surface area contributed by atoms with E-state index >= 15 is 0 Å². The lowest BCUT2D eigenvalue weighted by Crippen LogP contribution is -2.35. The summed E-state index contributed by atoms with van der Waals surface area (Å²) in [6, 6.07) is 20.6. The van der Waals surface area contributed by atoms with E-state index in [2.05, 4.69) is 21.7 Å². The minimum Gasteiger partial charge on any atom is -0.497 e. The number of amides is 2. The van der Waals surface area contributed by atoms with Crippen LogP contribution in [0.15, 0.2) is 66.9 Å². The van der Waals surface area contributed by atoms with Crippen LogP contribution in [0, 0.1) is 17.9 Å². The fourth-order valence-electron chi connectivity index (χ4n) is 3.84. The number of hydrogen-bond acceptors (Lipinski definition) is 6. The predicted octanol–water partition coefficient (Wildman–Crippen LogP) is 3.23. The Kier molecular flexibility index (Phi) is 6.73. The topological polar surface area (TPSA) is 92.8 Å². The molecule has 33 heavy (non-hydrogen) atoms. The highest BCUT2D eigenvalue weighted by atomic mass is 16.5. The zero-order valence-electron chi connectivity index (χ0n) is 18.4. The Bertz CT molecular complexity index is 1020. The first-order chi connectivity index (χ1) is 16.1. The van der Waals surface area contributed by atoms with Gasteiger partial charge in [-0.15, -0.1) is 0 Å². The van der Waals surface area contributed by atoms with Gasteiger partial charge in [0.15, 0.2) is 0 Å². The maximum Gasteiger partial charge on any atom is 0.230 e. The molecule has 1 fully saturated rings. The zero-order valence-corrected chi connectivity index (χ0v) is 18.4. The lowest BCUT2D eigenvalue weighted by molar-refractivity contribution is -0.127. The number of anilines is 3. The Morgan fingerprint density at radius 1 is 0.848 bits per heavy atom. The molecule has 0 spiro atoms. The summed E-state index contributed by atoms with van der Waals surface area (Å²) in [5, 5.41) is 5.85. The number of hydrogen-bond donors (Lipinski definition) is 2. The highest BCUT2D eigenvalue weighted by molar-refractivity contribution is 6.01. The Morgan fingerprint density at radius 3 is 1.73 bits per heavy atom. The van der Waals surface area contributed by atoms with Crippen molar-refractivity contribution in [2.45, 2.75) is 0 Å². The van der Waals surface area contributed by atoms with Gasteiger partial charge < -0.3 is 25.0 Å². The molecule has 1 aromatic heterocycles. The van der Waals surface area contributed by atoms with Crippen molar-refractivity contribution in [2.75, 3.05) is 42.8 Å². The largest absolute Gasteiger partial charge is 0.497 e. The minimum absolute atomic E-state index is 0.222. The van der Waals surface area contributed by atoms with E-state index in [9.17, 15) is 9.59 Å². The molecule has 4 rings (SSSR count). The molecule has 2 aromatic carbocycles. The molecule has 3 aromatic rings. The van der Waals surface area contributed by atoms with Gasteiger partial charge in [-0.1, -0.05) is 0 Å². The Labute approximate surface area is 192 Å². The van der Waals surface area contributed by atoms with E-state index < -0.39 is 11.8 Å². The SMILES string of the molecule is COc1ccc(NC(=O)[C@H]2CN(c3cc[c]cn3)C[C@@H]2C(=O)Nc2ccc(OC)cc2)cc1. The molecule has 1 saturated heterocycles. The number of carbonyl (C=O) groups is 2. The Morgan fingerprint density at radius 2 is 1.33 bits per heavy atom. The summed E-state index contributed by atoms with van der Waals surface area (Å²) in [5.41, 5.74) is 1.28. The Balaban J connectivity index is 1.52. The summed E-state index contributed by atoms with van der Waals surface area (Å²) >= 11 is 0. The van der Waals surface area contributed by atoms with Crippen LogP contribution in [0.4, 0.5) is 17.2 Å². The van der Waals surface area contributed by atoms with Gasteiger partial charge in [0.1, 0.15) is 17.3 Å². The van der Waals surface area contributed by atoms with Gasteiger partial charge in [-0.2, -0.15) is 0 Å². The summed E-state index contributed by atoms with van der Waals surface area (Å²) in [6.45, 7) is 0.749. The number of benzene rings is 2. The van der Waals surface area contributed by atoms with E-state index in [0.29, 0.717) is 41.8 Å². The number of rotatable bonds is 7. The first-order valence-corrected chi connectivity index (χ1v) is 10.5. The molecule has 1 radical (unpaired) electrons. The van der Waals surface area contributed by atoms with Gasteiger partial charge in [-0.3, -0.25) is 9.59 Å². The fourth-order valence-corrected chi connectivity index (χ4v) is 3.84. The van der Waals surface area contributed by atoms with Gasteiger partial charge in [0.2, 0.25) is 11.8 Å². The molecule has 8 heteroatoms. The van der Waals surface area contributed by atoms with Crippen LogP contribution in [-0.2, 0) is 9.59 Å². The van der Waals surface area contributed by atoms with Crippen LogP contribution in [-0.4, -0.2) is 44.1 Å². The second kappa shape index (κ2) is 10.0. The van der Waals surface area contributed by atoms with Gasteiger partial charge in [0, 0.05) is 36.7 Å². The van der Waals surface area contributed by atoms with Crippen LogP contribution in [0.25, 0.3) is 0 Å². The van der Waals surface area contributed by atoms with Crippen LogP contribution >= 0.6 is 0 Å². The number of nitrogens with one attached hydrogen (secondary N) is 2. The molecule has 2 atom stereocenters. The van der Waals surface area contributed by atoms with Crippen molar-refractivity contribution in [2.24, 2.45) is 11.8 Å². The number of ether oxygens (including phenoxy) is 2. The van der Waals surface area contributed by atoms with E-state index in [0.717, 1.165) is 0 Å². The first-order valence-electron chi connectivity index (χ1n) is 10.5. The quantitative estimate of drug-likeness (QED) is 0.580. The number of carbonyl (C=O) groups excluding carboxylic acids is 2. The monoisotopic (exact) mass is 445 g/mol. The van der Waals surface area contributed by atoms with Gasteiger partial charge >= 0.3 is 0 Å². The van der Waals surface area contributed by atoms with E-state index in [1.807, 2.05) is 11.0 Å². The molecular weight excluding hydrogens is 420 g/mol. The van der Waals surface area contributed by atoms with E-state index in [4.69, 9.17) is 9.47 Å². The molecule has 2 N–H and O–H groups in total. The second-order valence-corrected chi connectivity index (χ2v) is 7.67. The van der Waals surface area contributed by atoms with Gasteiger partial charge in [0.05, 0.1) is 26.1 Å². The highest BCUT2D eigenvalue weighted by Crippen LogP contribution is 2.30. The molecule has 2 heterocycles. The third-order valence-electron chi connectivity index (χ3n) is 5.63. The van der Waals surface area contributed by atoms with Crippen LogP contribution in [0.2, 0.25) is 0 Å². The average Bonchev–Trinajstić information content (AvgIpc) is 3.32. The average molecular weight is 445 g/mol. The normalized spacial score (nSPS) is 17.3. The molecule has 0 unspecified atom stereocenters. The summed E-state index contributed by atoms with van der Waals surface area (Å²) in [6.07, 6.45) is 1.58. The van der Waals surface area contributed by atoms with Crippen LogP contribution in [0.3, 0.4) is 0 Å². The minimum atomic E-state index is -0.559. The fraction of sp³-hybridized carbons (Fsp3) is 0.240. The van der Waals surface area contributed by atoms with Crippen molar-refractivity contribution in [1.29, 1.82) is 0 Å². The summed E-state index contributed by atoms with van der Waals surface area (Å²) in [4.78, 5) is 32.7. The van der Waals surface area contributed by atoms with E-state index in [1.54, 1.807) is 75.0 Å². The number of nitrogens with zero attached hydrogens (tertiary/aromatic N) is 2. The summed E-state index contributed by atoms with van der Waals surface area (Å²) in [5.74, 6) is 0.538. The zero-order chi connectivity index (χ0) is 23.2. The Hall–Kier alpha value is -4.07. The molecular formula is C25H25N4O4. The molecule has 0 bridgehead atoms. The lowest BCUT2D eigenvalue weighted by atomic mass is 9.94. The van der Waals surface area contributed by atoms with E-state index in [1.165, 1.54) is 0 Å². The third kappa shape index (κ3) is 5.23. The van der Waals surface area contributed by atoms with E-state index in [-0.39, 0.29) is 11.8 Å². The van der Waals surface area contributed by atoms with Gasteiger partial charge in [-0.05, 0) is 60.7 Å². The van der Waals surface area contributed by atoms with Crippen molar-refractivity contribution < 1.29 is 19.1 Å². The van der Waals surface area contributed by atoms with Gasteiger partial charge in [0.25, 0.3) is 0 Å². The molecule has 1 aliphatic rings. The molecule has 2 amide bonds. The van der Waals surface area contributed by atoms with Crippen molar-refractivity contribution in [3.05, 3.63) is 72.9 Å². The summed E-state index contributed by atoms with van der Waals surface area (Å²) < 4.78 is 10.3. The van der Waals surface area contributed by atoms with Crippen molar-refractivity contribution >= 4 is 29.0 Å². The smallest absolute Gasteiger partial charge is 0.230 e. The second-order valence-electron chi connectivity index (χ2n) is 7.67. The molecule has 0 aliphatic carbocycles. The summed E-state index contributed by atoms with van der Waals surface area (Å²) in [7, 11) is 3.17. The predicted molar refractivity (Wildman–Crippen MR) is 126 cm³/mol.